The van der Waals surface area contributed by atoms with E-state index in [9.17, 15) is 4.39 Å². The minimum atomic E-state index is -0.303. The fraction of sp³-hybridized carbons (Fsp3) is 0.481. The molecule has 2 unspecified atom stereocenters. The summed E-state index contributed by atoms with van der Waals surface area (Å²) in [6, 6.07) is 13.9. The molecule has 160 valence electrons. The Kier molecular flexibility index (Phi) is 6.89. The number of benzene rings is 2. The normalized spacial score (nSPS) is 26.9. The lowest BCUT2D eigenvalue weighted by molar-refractivity contribution is -0.0147. The zero-order valence-electron chi connectivity index (χ0n) is 18.0. The SMILES string of the molecule is C=CC1CCC(C2CCC(c3ccc(-c4ccc(OCC)c(F)c4)cc3)CC2)CO1. The second-order valence-corrected chi connectivity index (χ2v) is 8.76. The van der Waals surface area contributed by atoms with Crippen molar-refractivity contribution in [2.45, 2.75) is 57.5 Å². The molecular formula is C27H33FO2. The van der Waals surface area contributed by atoms with E-state index in [2.05, 4.69) is 30.8 Å². The first kappa shape index (κ1) is 21.1. The third-order valence-electron chi connectivity index (χ3n) is 6.99. The number of halogens is 1. The molecule has 2 nitrogen and oxygen atoms in total. The van der Waals surface area contributed by atoms with Crippen molar-refractivity contribution in [3.05, 3.63) is 66.5 Å². The Labute approximate surface area is 180 Å². The first-order valence-electron chi connectivity index (χ1n) is 11.4. The smallest absolute Gasteiger partial charge is 0.165 e. The third-order valence-corrected chi connectivity index (χ3v) is 6.99. The van der Waals surface area contributed by atoms with E-state index < -0.39 is 0 Å². The summed E-state index contributed by atoms with van der Waals surface area (Å²) in [5, 5.41) is 0. The van der Waals surface area contributed by atoms with Crippen LogP contribution in [0.5, 0.6) is 5.75 Å². The van der Waals surface area contributed by atoms with E-state index in [0.717, 1.165) is 36.0 Å². The highest BCUT2D eigenvalue weighted by atomic mass is 19.1. The predicted octanol–water partition coefficient (Wildman–Crippen LogP) is 7.15. The lowest BCUT2D eigenvalue weighted by atomic mass is 9.72. The van der Waals surface area contributed by atoms with Gasteiger partial charge in [0.15, 0.2) is 11.6 Å². The summed E-state index contributed by atoms with van der Waals surface area (Å²) < 4.78 is 25.4. The van der Waals surface area contributed by atoms with Gasteiger partial charge < -0.3 is 9.47 Å². The van der Waals surface area contributed by atoms with Crippen LogP contribution in [0.1, 0.15) is 56.9 Å². The van der Waals surface area contributed by atoms with Crippen LogP contribution in [0.3, 0.4) is 0 Å². The molecule has 3 heteroatoms. The van der Waals surface area contributed by atoms with Gasteiger partial charge in [-0.25, -0.2) is 4.39 Å². The second kappa shape index (κ2) is 9.78. The van der Waals surface area contributed by atoms with Gasteiger partial charge in [-0.05, 0) is 92.0 Å². The summed E-state index contributed by atoms with van der Waals surface area (Å²) in [6.45, 7) is 7.09. The molecule has 0 spiro atoms. The molecule has 0 N–H and O–H groups in total. The Morgan fingerprint density at radius 1 is 0.967 bits per heavy atom. The highest BCUT2D eigenvalue weighted by molar-refractivity contribution is 5.64. The maximum absolute atomic E-state index is 14.2. The summed E-state index contributed by atoms with van der Waals surface area (Å²) >= 11 is 0. The molecule has 2 aliphatic rings. The number of rotatable bonds is 6. The maximum Gasteiger partial charge on any atom is 0.165 e. The molecule has 1 aliphatic heterocycles. The molecule has 0 radical (unpaired) electrons. The Morgan fingerprint density at radius 3 is 2.27 bits per heavy atom. The molecule has 0 aromatic heterocycles. The minimum absolute atomic E-state index is 0.264. The van der Waals surface area contributed by atoms with Gasteiger partial charge in [-0.1, -0.05) is 36.4 Å². The van der Waals surface area contributed by atoms with Gasteiger partial charge in [0, 0.05) is 0 Å². The fourth-order valence-corrected chi connectivity index (χ4v) is 5.17. The molecule has 2 aromatic carbocycles. The zero-order valence-corrected chi connectivity index (χ0v) is 18.0. The Balaban J connectivity index is 1.34. The van der Waals surface area contributed by atoms with Crippen LogP contribution in [0.25, 0.3) is 11.1 Å². The molecule has 1 saturated carbocycles. The molecule has 30 heavy (non-hydrogen) atoms. The molecule has 4 rings (SSSR count). The van der Waals surface area contributed by atoms with Crippen LogP contribution < -0.4 is 4.74 Å². The van der Waals surface area contributed by atoms with Gasteiger partial charge in [0.1, 0.15) is 0 Å². The summed E-state index contributed by atoms with van der Waals surface area (Å²) in [5.74, 6) is 2.18. The Bertz CT molecular complexity index is 828. The molecule has 0 amide bonds. The van der Waals surface area contributed by atoms with Gasteiger partial charge in [0.25, 0.3) is 0 Å². The lowest BCUT2D eigenvalue weighted by Crippen LogP contribution is -2.31. The predicted molar refractivity (Wildman–Crippen MR) is 120 cm³/mol. The molecule has 2 atom stereocenters. The average Bonchev–Trinajstić information content (AvgIpc) is 2.81. The molecular weight excluding hydrogens is 375 g/mol. The van der Waals surface area contributed by atoms with Gasteiger partial charge in [-0.2, -0.15) is 0 Å². The van der Waals surface area contributed by atoms with E-state index in [4.69, 9.17) is 9.47 Å². The Morgan fingerprint density at radius 2 is 1.67 bits per heavy atom. The van der Waals surface area contributed by atoms with Crippen molar-refractivity contribution in [2.24, 2.45) is 11.8 Å². The van der Waals surface area contributed by atoms with E-state index in [1.54, 1.807) is 12.1 Å². The number of ether oxygens (including phenoxy) is 2. The van der Waals surface area contributed by atoms with Crippen molar-refractivity contribution in [2.75, 3.05) is 13.2 Å². The zero-order chi connectivity index (χ0) is 20.9. The van der Waals surface area contributed by atoms with E-state index in [-0.39, 0.29) is 11.9 Å². The average molecular weight is 409 g/mol. The third kappa shape index (κ3) is 4.78. The first-order chi connectivity index (χ1) is 14.7. The Hall–Kier alpha value is -2.13. The fourth-order valence-electron chi connectivity index (χ4n) is 5.17. The van der Waals surface area contributed by atoms with Crippen LogP contribution in [0.2, 0.25) is 0 Å². The van der Waals surface area contributed by atoms with Crippen molar-refractivity contribution < 1.29 is 13.9 Å². The standard InChI is InChI=1S/C27H33FO2/c1-3-25-15-13-24(18-30-25)22-11-7-20(8-12-22)19-5-9-21(10-6-19)23-14-16-27(29-4-2)26(28)17-23/h3,5-6,9-10,14,16-17,20,22,24-25H,1,4,7-8,11-13,15,18H2,2H3. The van der Waals surface area contributed by atoms with Gasteiger partial charge in [-0.15, -0.1) is 6.58 Å². The van der Waals surface area contributed by atoms with Gasteiger partial charge in [-0.3, -0.25) is 0 Å². The lowest BCUT2D eigenvalue weighted by Gasteiger charge is -2.37. The molecule has 1 saturated heterocycles. The second-order valence-electron chi connectivity index (χ2n) is 8.76. The maximum atomic E-state index is 14.2. The van der Waals surface area contributed by atoms with Crippen molar-refractivity contribution in [3.8, 4) is 16.9 Å². The highest BCUT2D eigenvalue weighted by Gasteiger charge is 2.31. The van der Waals surface area contributed by atoms with Crippen LogP contribution in [-0.2, 0) is 4.74 Å². The summed E-state index contributed by atoms with van der Waals surface area (Å²) in [4.78, 5) is 0. The monoisotopic (exact) mass is 408 g/mol. The topological polar surface area (TPSA) is 18.5 Å². The summed E-state index contributed by atoms with van der Waals surface area (Å²) in [7, 11) is 0. The molecule has 1 heterocycles. The van der Waals surface area contributed by atoms with E-state index in [1.165, 1.54) is 37.7 Å². The number of hydrogen-bond donors (Lipinski definition) is 0. The van der Waals surface area contributed by atoms with Gasteiger partial charge >= 0.3 is 0 Å². The molecule has 2 fully saturated rings. The van der Waals surface area contributed by atoms with Crippen LogP contribution in [0.4, 0.5) is 4.39 Å². The van der Waals surface area contributed by atoms with Crippen LogP contribution in [-0.4, -0.2) is 19.3 Å². The van der Waals surface area contributed by atoms with E-state index >= 15 is 0 Å². The van der Waals surface area contributed by atoms with E-state index in [1.807, 2.05) is 19.1 Å². The van der Waals surface area contributed by atoms with Gasteiger partial charge in [0.2, 0.25) is 0 Å². The van der Waals surface area contributed by atoms with Crippen LogP contribution >= 0.6 is 0 Å². The number of hydrogen-bond acceptors (Lipinski definition) is 2. The largest absolute Gasteiger partial charge is 0.491 e. The molecule has 2 aromatic rings. The van der Waals surface area contributed by atoms with Crippen LogP contribution in [0.15, 0.2) is 55.1 Å². The van der Waals surface area contributed by atoms with Gasteiger partial charge in [0.05, 0.1) is 19.3 Å². The summed E-state index contributed by atoms with van der Waals surface area (Å²) in [6.07, 6.45) is 9.71. The van der Waals surface area contributed by atoms with Crippen molar-refractivity contribution >= 4 is 0 Å². The first-order valence-corrected chi connectivity index (χ1v) is 11.4. The molecule has 1 aliphatic carbocycles. The van der Waals surface area contributed by atoms with Crippen molar-refractivity contribution in [1.82, 2.24) is 0 Å². The summed E-state index contributed by atoms with van der Waals surface area (Å²) in [5.41, 5.74) is 3.35. The quantitative estimate of drug-likeness (QED) is 0.473. The highest BCUT2D eigenvalue weighted by Crippen LogP contribution is 2.41. The minimum Gasteiger partial charge on any atom is -0.491 e. The van der Waals surface area contributed by atoms with Crippen molar-refractivity contribution in [3.63, 3.8) is 0 Å². The molecule has 0 bridgehead atoms. The van der Waals surface area contributed by atoms with Crippen LogP contribution in [0, 0.1) is 17.7 Å². The van der Waals surface area contributed by atoms with Crippen molar-refractivity contribution in [1.29, 1.82) is 0 Å². The van der Waals surface area contributed by atoms with E-state index in [0.29, 0.717) is 18.3 Å².